The van der Waals surface area contributed by atoms with Crippen molar-refractivity contribution in [1.82, 2.24) is 9.55 Å². The molecule has 0 aliphatic rings. The fourth-order valence-electron chi connectivity index (χ4n) is 1.84. The number of hydrogen-bond donors (Lipinski definition) is 0. The average Bonchev–Trinajstić information content (AvgIpc) is 3.08. The van der Waals surface area contributed by atoms with Crippen molar-refractivity contribution in [3.8, 4) is 22.3 Å². The van der Waals surface area contributed by atoms with Crippen LogP contribution in [0.3, 0.4) is 0 Å². The van der Waals surface area contributed by atoms with Crippen molar-refractivity contribution in [1.29, 1.82) is 5.26 Å². The Balaban J connectivity index is 2.04. The number of halogens is 1. The summed E-state index contributed by atoms with van der Waals surface area (Å²) >= 11 is 1.54. The van der Waals surface area contributed by atoms with Crippen LogP contribution in [0.2, 0.25) is 0 Å². The van der Waals surface area contributed by atoms with Crippen LogP contribution in [0.5, 0.6) is 0 Å². The van der Waals surface area contributed by atoms with Gasteiger partial charge in [0.05, 0.1) is 11.6 Å². The topological polar surface area (TPSA) is 41.6 Å². The smallest absolute Gasteiger partial charge is 0.126 e. The first-order valence-corrected chi connectivity index (χ1v) is 6.43. The van der Waals surface area contributed by atoms with Gasteiger partial charge in [-0.15, -0.1) is 11.3 Å². The Morgan fingerprint density at radius 2 is 2.21 bits per heavy atom. The Hall–Kier alpha value is -2.45. The molecule has 3 rings (SSSR count). The SMILES string of the molecule is N#Cc1cc(F)cc(-n2ccc(-c3nccs3)c2)c1. The van der Waals surface area contributed by atoms with Crippen LogP contribution in [0.25, 0.3) is 16.3 Å². The molecular weight excluding hydrogens is 261 g/mol. The zero-order valence-electron chi connectivity index (χ0n) is 9.75. The van der Waals surface area contributed by atoms with E-state index in [1.165, 1.54) is 12.1 Å². The maximum absolute atomic E-state index is 13.4. The predicted octanol–water partition coefficient (Wildman–Crippen LogP) is 3.61. The second-order valence-electron chi connectivity index (χ2n) is 3.95. The average molecular weight is 269 g/mol. The molecule has 2 heterocycles. The second kappa shape index (κ2) is 4.67. The summed E-state index contributed by atoms with van der Waals surface area (Å²) in [4.78, 5) is 4.22. The first-order chi connectivity index (χ1) is 9.26. The van der Waals surface area contributed by atoms with E-state index in [1.54, 1.807) is 28.2 Å². The summed E-state index contributed by atoms with van der Waals surface area (Å²) in [5.41, 5.74) is 1.90. The third-order valence-electron chi connectivity index (χ3n) is 2.68. The van der Waals surface area contributed by atoms with Gasteiger partial charge < -0.3 is 4.57 Å². The number of aromatic nitrogens is 2. The largest absolute Gasteiger partial charge is 0.323 e. The van der Waals surface area contributed by atoms with Gasteiger partial charge in [0.15, 0.2) is 0 Å². The molecule has 92 valence electrons. The van der Waals surface area contributed by atoms with Crippen LogP contribution in [0.4, 0.5) is 4.39 Å². The summed E-state index contributed by atoms with van der Waals surface area (Å²) in [5.74, 6) is -0.418. The van der Waals surface area contributed by atoms with E-state index < -0.39 is 5.82 Å². The lowest BCUT2D eigenvalue weighted by Crippen LogP contribution is -1.92. The lowest BCUT2D eigenvalue weighted by molar-refractivity contribution is 0.626. The van der Waals surface area contributed by atoms with Crippen molar-refractivity contribution in [3.63, 3.8) is 0 Å². The minimum Gasteiger partial charge on any atom is -0.323 e. The molecule has 0 fully saturated rings. The molecule has 0 aliphatic heterocycles. The molecule has 0 spiro atoms. The third kappa shape index (κ3) is 2.26. The maximum atomic E-state index is 13.4. The number of rotatable bonds is 2. The molecule has 2 aromatic heterocycles. The van der Waals surface area contributed by atoms with Crippen LogP contribution in [-0.2, 0) is 0 Å². The van der Waals surface area contributed by atoms with Gasteiger partial charge in [-0.3, -0.25) is 0 Å². The quantitative estimate of drug-likeness (QED) is 0.713. The van der Waals surface area contributed by atoms with Crippen molar-refractivity contribution < 1.29 is 4.39 Å². The third-order valence-corrected chi connectivity index (χ3v) is 3.50. The molecule has 3 aromatic rings. The van der Waals surface area contributed by atoms with Crippen molar-refractivity contribution in [2.24, 2.45) is 0 Å². The summed E-state index contributed by atoms with van der Waals surface area (Å²) in [7, 11) is 0. The molecule has 0 unspecified atom stereocenters. The summed E-state index contributed by atoms with van der Waals surface area (Å²) < 4.78 is 15.2. The van der Waals surface area contributed by atoms with Gasteiger partial charge in [0, 0.05) is 35.2 Å². The number of hydrogen-bond acceptors (Lipinski definition) is 3. The number of thiazole rings is 1. The Kier molecular flexibility index (Phi) is 2.86. The van der Waals surface area contributed by atoms with E-state index >= 15 is 0 Å². The molecule has 0 saturated heterocycles. The summed E-state index contributed by atoms with van der Waals surface area (Å²) in [5, 5.41) is 11.7. The number of nitrogens with zero attached hydrogens (tertiary/aromatic N) is 3. The monoisotopic (exact) mass is 269 g/mol. The molecule has 0 atom stereocenters. The number of benzene rings is 1. The summed E-state index contributed by atoms with van der Waals surface area (Å²) in [6, 6.07) is 8.12. The van der Waals surface area contributed by atoms with Crippen molar-refractivity contribution in [2.45, 2.75) is 0 Å². The number of nitriles is 1. The van der Waals surface area contributed by atoms with Gasteiger partial charge in [0.1, 0.15) is 10.8 Å². The standard InChI is InChI=1S/C14H8FN3S/c15-12-5-10(8-16)6-13(7-12)18-3-1-11(9-18)14-17-2-4-19-14/h1-7,9H. The summed E-state index contributed by atoms with van der Waals surface area (Å²) in [6.07, 6.45) is 5.44. The van der Waals surface area contributed by atoms with Crippen LogP contribution in [0.15, 0.2) is 48.2 Å². The van der Waals surface area contributed by atoms with Crippen molar-refractivity contribution in [3.05, 3.63) is 59.6 Å². The molecular formula is C14H8FN3S. The molecule has 0 amide bonds. The normalized spacial score (nSPS) is 10.3. The van der Waals surface area contributed by atoms with Gasteiger partial charge in [-0.2, -0.15) is 5.26 Å². The van der Waals surface area contributed by atoms with Gasteiger partial charge in [0.25, 0.3) is 0 Å². The van der Waals surface area contributed by atoms with E-state index in [1.807, 2.05) is 29.9 Å². The minimum absolute atomic E-state index is 0.305. The van der Waals surface area contributed by atoms with Crippen LogP contribution in [-0.4, -0.2) is 9.55 Å². The molecule has 0 aliphatic carbocycles. The van der Waals surface area contributed by atoms with E-state index in [0.29, 0.717) is 11.3 Å². The summed E-state index contributed by atoms with van der Waals surface area (Å²) in [6.45, 7) is 0. The van der Waals surface area contributed by atoms with Gasteiger partial charge in [0.2, 0.25) is 0 Å². The minimum atomic E-state index is -0.418. The maximum Gasteiger partial charge on any atom is 0.126 e. The van der Waals surface area contributed by atoms with Crippen molar-refractivity contribution in [2.75, 3.05) is 0 Å². The molecule has 0 radical (unpaired) electrons. The Labute approximate surface area is 113 Å². The van der Waals surface area contributed by atoms with Gasteiger partial charge in [-0.05, 0) is 24.3 Å². The Bertz CT molecular complexity index is 753. The fourth-order valence-corrected chi connectivity index (χ4v) is 2.47. The lowest BCUT2D eigenvalue weighted by Gasteiger charge is -2.03. The van der Waals surface area contributed by atoms with Crippen LogP contribution < -0.4 is 0 Å². The molecule has 3 nitrogen and oxygen atoms in total. The highest BCUT2D eigenvalue weighted by atomic mass is 32.1. The second-order valence-corrected chi connectivity index (χ2v) is 4.85. The highest BCUT2D eigenvalue weighted by molar-refractivity contribution is 7.13. The first-order valence-electron chi connectivity index (χ1n) is 5.55. The lowest BCUT2D eigenvalue weighted by atomic mass is 10.2. The zero-order valence-corrected chi connectivity index (χ0v) is 10.6. The molecule has 0 N–H and O–H groups in total. The van der Waals surface area contributed by atoms with Crippen LogP contribution in [0.1, 0.15) is 5.56 Å². The fraction of sp³-hybridized carbons (Fsp3) is 0. The molecule has 0 bridgehead atoms. The van der Waals surface area contributed by atoms with Crippen LogP contribution >= 0.6 is 11.3 Å². The first kappa shape index (κ1) is 11.6. The Morgan fingerprint density at radius 3 is 2.95 bits per heavy atom. The molecule has 5 heteroatoms. The predicted molar refractivity (Wildman–Crippen MR) is 71.6 cm³/mol. The van der Waals surface area contributed by atoms with Gasteiger partial charge in [-0.25, -0.2) is 9.37 Å². The van der Waals surface area contributed by atoms with E-state index in [9.17, 15) is 4.39 Å². The van der Waals surface area contributed by atoms with E-state index in [4.69, 9.17) is 5.26 Å². The highest BCUT2D eigenvalue weighted by Gasteiger charge is 2.06. The Morgan fingerprint density at radius 1 is 1.32 bits per heavy atom. The molecule has 1 aromatic carbocycles. The van der Waals surface area contributed by atoms with Crippen molar-refractivity contribution >= 4 is 11.3 Å². The van der Waals surface area contributed by atoms with Gasteiger partial charge in [-0.1, -0.05) is 0 Å². The molecule has 0 saturated carbocycles. The van der Waals surface area contributed by atoms with E-state index in [2.05, 4.69) is 4.98 Å². The zero-order chi connectivity index (χ0) is 13.2. The molecule has 19 heavy (non-hydrogen) atoms. The van der Waals surface area contributed by atoms with Crippen LogP contribution in [0, 0.1) is 17.1 Å². The van der Waals surface area contributed by atoms with Gasteiger partial charge >= 0.3 is 0 Å². The van der Waals surface area contributed by atoms with E-state index in [-0.39, 0.29) is 0 Å². The van der Waals surface area contributed by atoms with E-state index in [0.717, 1.165) is 10.6 Å². The highest BCUT2D eigenvalue weighted by Crippen LogP contribution is 2.24.